The molecule has 2 atom stereocenters. The quantitative estimate of drug-likeness (QED) is 0.471. The molecule has 5 heteroatoms. The smallest absolute Gasteiger partial charge is 0.133 e. The Morgan fingerprint density at radius 3 is 3.36 bits per heavy atom. The Morgan fingerprint density at radius 2 is 2.64 bits per heavy atom. The van der Waals surface area contributed by atoms with Crippen LogP contribution in [0.4, 0.5) is 0 Å². The summed E-state index contributed by atoms with van der Waals surface area (Å²) in [6, 6.07) is 0.728. The van der Waals surface area contributed by atoms with Gasteiger partial charge >= 0.3 is 0 Å². The zero-order chi connectivity index (χ0) is 7.68. The van der Waals surface area contributed by atoms with Crippen LogP contribution < -0.4 is 0 Å². The molecular formula is C6H9N2P3. The third-order valence-corrected chi connectivity index (χ3v) is 5.72. The lowest BCUT2D eigenvalue weighted by molar-refractivity contribution is 0.636. The second-order valence-corrected chi connectivity index (χ2v) is 7.54. The van der Waals surface area contributed by atoms with E-state index in [2.05, 4.69) is 28.4 Å². The van der Waals surface area contributed by atoms with Gasteiger partial charge in [-0.3, -0.25) is 0 Å². The second kappa shape index (κ2) is 3.31. The van der Waals surface area contributed by atoms with E-state index in [9.17, 15) is 0 Å². The SMILES string of the molecule is CC1CN1C1=CC=PPP=N1. The van der Waals surface area contributed by atoms with E-state index in [1.54, 1.807) is 0 Å². The molecule has 2 heterocycles. The Hall–Kier alpha value is 0.240. The normalized spacial score (nSPS) is 33.4. The molecule has 2 rings (SSSR count). The minimum absolute atomic E-state index is 0.728. The van der Waals surface area contributed by atoms with Gasteiger partial charge in [-0.2, -0.15) is 0 Å². The van der Waals surface area contributed by atoms with Crippen LogP contribution in [0.3, 0.4) is 0 Å². The Bertz CT molecular complexity index is 246. The maximum Gasteiger partial charge on any atom is 0.133 e. The maximum atomic E-state index is 4.47. The Kier molecular flexibility index (Phi) is 2.37. The minimum atomic E-state index is 0.728. The first-order chi connectivity index (χ1) is 5.38. The molecule has 1 fully saturated rings. The van der Waals surface area contributed by atoms with Crippen molar-refractivity contribution in [3.05, 3.63) is 11.9 Å². The van der Waals surface area contributed by atoms with Crippen molar-refractivity contribution in [3.63, 3.8) is 0 Å². The molecule has 2 nitrogen and oxygen atoms in total. The molecule has 2 aliphatic rings. The highest BCUT2D eigenvalue weighted by atomic mass is 32.4. The molecule has 0 aliphatic carbocycles. The van der Waals surface area contributed by atoms with Gasteiger partial charge in [0.05, 0.1) is 0 Å². The van der Waals surface area contributed by atoms with Crippen LogP contribution in [0, 0.1) is 0 Å². The maximum absolute atomic E-state index is 4.47. The summed E-state index contributed by atoms with van der Waals surface area (Å²) in [7, 11) is 3.61. The largest absolute Gasteiger partial charge is 0.350 e. The highest BCUT2D eigenvalue weighted by Gasteiger charge is 2.30. The van der Waals surface area contributed by atoms with Crippen LogP contribution in [0.5, 0.6) is 0 Å². The highest BCUT2D eigenvalue weighted by Crippen LogP contribution is 2.45. The monoisotopic (exact) mass is 202 g/mol. The van der Waals surface area contributed by atoms with Crippen molar-refractivity contribution in [1.82, 2.24) is 4.90 Å². The van der Waals surface area contributed by atoms with Crippen LogP contribution in [-0.4, -0.2) is 23.3 Å². The third kappa shape index (κ3) is 1.88. The average molecular weight is 202 g/mol. The van der Waals surface area contributed by atoms with Gasteiger partial charge < -0.3 is 4.90 Å². The molecule has 0 N–H and O–H groups in total. The minimum Gasteiger partial charge on any atom is -0.350 e. The molecule has 0 aromatic carbocycles. The number of rotatable bonds is 1. The lowest BCUT2D eigenvalue weighted by Gasteiger charge is -1.99. The van der Waals surface area contributed by atoms with Crippen LogP contribution in [0.25, 0.3) is 0 Å². The van der Waals surface area contributed by atoms with Crippen molar-refractivity contribution < 1.29 is 0 Å². The van der Waals surface area contributed by atoms with Gasteiger partial charge in [0.2, 0.25) is 0 Å². The molecule has 58 valence electrons. The molecule has 0 aromatic rings. The number of hydrogen-bond donors (Lipinski definition) is 0. The number of hydrogen-bond acceptors (Lipinski definition) is 2. The fraction of sp³-hybridized carbons (Fsp3) is 0.500. The van der Waals surface area contributed by atoms with Crippen molar-refractivity contribution >= 4 is 29.7 Å². The summed E-state index contributed by atoms with van der Waals surface area (Å²) >= 11 is 0. The van der Waals surface area contributed by atoms with Gasteiger partial charge in [0, 0.05) is 28.6 Å². The van der Waals surface area contributed by atoms with E-state index < -0.39 is 0 Å². The molecule has 1 saturated heterocycles. The lowest BCUT2D eigenvalue weighted by atomic mass is 10.5. The molecule has 0 amide bonds. The lowest BCUT2D eigenvalue weighted by Crippen LogP contribution is -1.95. The predicted octanol–water partition coefficient (Wildman–Crippen LogP) is 2.93. The van der Waals surface area contributed by atoms with E-state index in [0.29, 0.717) is 0 Å². The first-order valence-corrected chi connectivity index (χ1v) is 8.03. The molecule has 0 spiro atoms. The summed E-state index contributed by atoms with van der Waals surface area (Å²) in [5, 5.41) is 0. The summed E-state index contributed by atoms with van der Waals surface area (Å²) in [4.78, 5) is 2.33. The summed E-state index contributed by atoms with van der Waals surface area (Å²) in [5.74, 6) is 3.40. The van der Waals surface area contributed by atoms with Gasteiger partial charge in [-0.25, -0.2) is 4.74 Å². The molecule has 2 aliphatic heterocycles. The zero-order valence-electron chi connectivity index (χ0n) is 6.23. The Morgan fingerprint density at radius 1 is 1.82 bits per heavy atom. The van der Waals surface area contributed by atoms with Crippen LogP contribution in [0.15, 0.2) is 16.6 Å². The first kappa shape index (κ1) is 7.87. The van der Waals surface area contributed by atoms with Crippen LogP contribution in [0.1, 0.15) is 6.92 Å². The van der Waals surface area contributed by atoms with E-state index in [-0.39, 0.29) is 0 Å². The van der Waals surface area contributed by atoms with E-state index in [0.717, 1.165) is 14.0 Å². The van der Waals surface area contributed by atoms with Crippen LogP contribution in [0.2, 0.25) is 0 Å². The summed E-state index contributed by atoms with van der Waals surface area (Å²) in [6.07, 6.45) is 2.15. The van der Waals surface area contributed by atoms with Crippen molar-refractivity contribution in [2.75, 3.05) is 6.54 Å². The van der Waals surface area contributed by atoms with E-state index >= 15 is 0 Å². The molecule has 11 heavy (non-hydrogen) atoms. The summed E-state index contributed by atoms with van der Waals surface area (Å²) in [6.45, 7) is 3.43. The number of nitrogens with zero attached hydrogens (tertiary/aromatic N) is 2. The Balaban J connectivity index is 2.12. The molecule has 0 bridgehead atoms. The van der Waals surface area contributed by atoms with E-state index in [1.807, 2.05) is 0 Å². The first-order valence-electron chi connectivity index (χ1n) is 3.53. The van der Waals surface area contributed by atoms with Gasteiger partial charge in [-0.05, 0) is 18.8 Å². The number of allylic oxidation sites excluding steroid dienone is 1. The fourth-order valence-corrected chi connectivity index (χ4v) is 4.12. The van der Waals surface area contributed by atoms with Crippen molar-refractivity contribution in [2.45, 2.75) is 13.0 Å². The summed E-state index contributed by atoms with van der Waals surface area (Å²) in [5.41, 5.74) is 0. The van der Waals surface area contributed by atoms with Crippen molar-refractivity contribution in [3.8, 4) is 0 Å². The second-order valence-electron chi connectivity index (χ2n) is 2.60. The van der Waals surface area contributed by atoms with Crippen molar-refractivity contribution in [2.24, 2.45) is 4.74 Å². The van der Waals surface area contributed by atoms with E-state index in [4.69, 9.17) is 0 Å². The molecule has 0 saturated carbocycles. The standard InChI is InChI=1S/C6H9N2P3/c1-5-4-8(5)6-2-3-9-11-10-7-6/h2-3,5,11H,4H2,1H3. The molecular weight excluding hydrogens is 193 g/mol. The topological polar surface area (TPSA) is 15.4 Å². The van der Waals surface area contributed by atoms with Gasteiger partial charge in [0.25, 0.3) is 0 Å². The van der Waals surface area contributed by atoms with Crippen molar-refractivity contribution in [1.29, 1.82) is 0 Å². The Labute approximate surface area is 71.3 Å². The summed E-state index contributed by atoms with van der Waals surface area (Å²) < 4.78 is 4.47. The van der Waals surface area contributed by atoms with Gasteiger partial charge in [0.1, 0.15) is 5.82 Å². The van der Waals surface area contributed by atoms with Gasteiger partial charge in [0.15, 0.2) is 0 Å². The van der Waals surface area contributed by atoms with Gasteiger partial charge in [-0.1, -0.05) is 7.89 Å². The van der Waals surface area contributed by atoms with E-state index in [1.165, 1.54) is 28.3 Å². The average Bonchev–Trinajstić information content (AvgIpc) is 2.71. The predicted molar refractivity (Wildman–Crippen MR) is 54.9 cm³/mol. The van der Waals surface area contributed by atoms with Crippen LogP contribution >= 0.6 is 23.9 Å². The highest BCUT2D eigenvalue weighted by molar-refractivity contribution is 8.40. The molecule has 0 aromatic heterocycles. The fourth-order valence-electron chi connectivity index (χ4n) is 0.980. The molecule has 2 unspecified atom stereocenters. The third-order valence-electron chi connectivity index (χ3n) is 1.71. The zero-order valence-corrected chi connectivity index (χ0v) is 9.02. The van der Waals surface area contributed by atoms with Crippen LogP contribution in [-0.2, 0) is 0 Å². The van der Waals surface area contributed by atoms with Gasteiger partial charge in [-0.15, -0.1) is 0 Å². The molecule has 0 radical (unpaired) electrons.